The first kappa shape index (κ1) is 10.7. The van der Waals surface area contributed by atoms with Gasteiger partial charge in [-0.15, -0.1) is 0 Å². The van der Waals surface area contributed by atoms with Gasteiger partial charge in [0.1, 0.15) is 0 Å². The predicted octanol–water partition coefficient (Wildman–Crippen LogP) is 1.24. The van der Waals surface area contributed by atoms with Gasteiger partial charge in [0.15, 0.2) is 0 Å². The van der Waals surface area contributed by atoms with E-state index in [0.29, 0.717) is 17.4 Å². The average molecular weight is 204 g/mol. The molecule has 1 atom stereocenters. The van der Waals surface area contributed by atoms with Crippen LogP contribution < -0.4 is 0 Å². The highest BCUT2D eigenvalue weighted by Crippen LogP contribution is 2.23. The standard InChI is InChI=1S/C9H16O3S/c1-12-9(10)6-7-13(11)8-4-2-3-5-8/h8H,2-7H2,1H3. The van der Waals surface area contributed by atoms with E-state index in [4.69, 9.17) is 0 Å². The summed E-state index contributed by atoms with van der Waals surface area (Å²) in [4.78, 5) is 10.8. The summed E-state index contributed by atoms with van der Waals surface area (Å²) in [5, 5.41) is 0.338. The molecule has 1 aliphatic rings. The maximum Gasteiger partial charge on any atom is 0.306 e. The van der Waals surface area contributed by atoms with Crippen molar-refractivity contribution < 1.29 is 13.7 Å². The zero-order valence-corrected chi connectivity index (χ0v) is 8.77. The minimum atomic E-state index is -0.818. The topological polar surface area (TPSA) is 43.4 Å². The molecule has 0 saturated heterocycles. The Balaban J connectivity index is 2.20. The average Bonchev–Trinajstić information content (AvgIpc) is 2.66. The molecule has 13 heavy (non-hydrogen) atoms. The number of carbonyl (C=O) groups excluding carboxylic acids is 1. The van der Waals surface area contributed by atoms with E-state index in [9.17, 15) is 9.00 Å². The van der Waals surface area contributed by atoms with Crippen LogP contribution >= 0.6 is 0 Å². The molecule has 1 fully saturated rings. The summed E-state index contributed by atoms with van der Waals surface area (Å²) in [5.74, 6) is 0.212. The second kappa shape index (κ2) is 5.37. The van der Waals surface area contributed by atoms with Gasteiger partial charge in [0.05, 0.1) is 13.5 Å². The molecule has 76 valence electrons. The zero-order valence-electron chi connectivity index (χ0n) is 7.95. The summed E-state index contributed by atoms with van der Waals surface area (Å²) in [6.07, 6.45) is 4.80. The van der Waals surface area contributed by atoms with Crippen LogP contribution in [0.3, 0.4) is 0 Å². The maximum atomic E-state index is 11.6. The van der Waals surface area contributed by atoms with E-state index < -0.39 is 10.8 Å². The lowest BCUT2D eigenvalue weighted by Gasteiger charge is -2.07. The first-order chi connectivity index (χ1) is 6.24. The summed E-state index contributed by atoms with van der Waals surface area (Å²) in [7, 11) is 0.544. The molecule has 0 bridgehead atoms. The van der Waals surface area contributed by atoms with Crippen LogP contribution in [0, 0.1) is 0 Å². The Labute approximate surface area is 81.3 Å². The highest BCUT2D eigenvalue weighted by molar-refractivity contribution is 7.85. The molecule has 1 aliphatic carbocycles. The molecule has 1 rings (SSSR count). The third-order valence-electron chi connectivity index (χ3n) is 2.41. The number of hydrogen-bond acceptors (Lipinski definition) is 3. The van der Waals surface area contributed by atoms with Crippen molar-refractivity contribution in [2.45, 2.75) is 37.4 Å². The number of rotatable bonds is 4. The summed E-state index contributed by atoms with van der Waals surface area (Å²) in [5.41, 5.74) is 0. The smallest absolute Gasteiger partial charge is 0.306 e. The molecule has 0 amide bonds. The van der Waals surface area contributed by atoms with E-state index in [1.54, 1.807) is 0 Å². The summed E-state index contributed by atoms with van der Waals surface area (Å²) in [6, 6.07) is 0. The highest BCUT2D eigenvalue weighted by Gasteiger charge is 2.21. The van der Waals surface area contributed by atoms with E-state index in [1.165, 1.54) is 20.0 Å². The van der Waals surface area contributed by atoms with Crippen LogP contribution in [0.5, 0.6) is 0 Å². The van der Waals surface area contributed by atoms with Gasteiger partial charge in [-0.2, -0.15) is 0 Å². The largest absolute Gasteiger partial charge is 0.469 e. The van der Waals surface area contributed by atoms with Gasteiger partial charge in [0, 0.05) is 21.8 Å². The number of carbonyl (C=O) groups is 1. The zero-order chi connectivity index (χ0) is 9.68. The Morgan fingerprint density at radius 2 is 2.08 bits per heavy atom. The Morgan fingerprint density at radius 1 is 1.46 bits per heavy atom. The summed E-state index contributed by atoms with van der Waals surface area (Å²) in [6.45, 7) is 0. The van der Waals surface area contributed by atoms with Gasteiger partial charge in [-0.05, 0) is 12.8 Å². The lowest BCUT2D eigenvalue weighted by Crippen LogP contribution is -2.16. The van der Waals surface area contributed by atoms with Crippen molar-refractivity contribution >= 4 is 16.8 Å². The lowest BCUT2D eigenvalue weighted by molar-refractivity contribution is -0.140. The number of hydrogen-bond donors (Lipinski definition) is 0. The summed E-state index contributed by atoms with van der Waals surface area (Å²) >= 11 is 0. The van der Waals surface area contributed by atoms with Crippen LogP contribution in [-0.2, 0) is 20.3 Å². The van der Waals surface area contributed by atoms with Crippen molar-refractivity contribution in [3.05, 3.63) is 0 Å². The normalized spacial score (nSPS) is 20.1. The molecule has 0 spiro atoms. The monoisotopic (exact) mass is 204 g/mol. The van der Waals surface area contributed by atoms with Crippen LogP contribution in [0.25, 0.3) is 0 Å². The predicted molar refractivity (Wildman–Crippen MR) is 51.9 cm³/mol. The van der Waals surface area contributed by atoms with E-state index in [-0.39, 0.29) is 5.97 Å². The minimum Gasteiger partial charge on any atom is -0.469 e. The Morgan fingerprint density at radius 3 is 2.62 bits per heavy atom. The van der Waals surface area contributed by atoms with Gasteiger partial charge in [0.2, 0.25) is 0 Å². The van der Waals surface area contributed by atoms with Gasteiger partial charge in [0.25, 0.3) is 0 Å². The molecular formula is C9H16O3S. The molecule has 0 aromatic carbocycles. The lowest BCUT2D eigenvalue weighted by atomic mass is 10.4. The Hall–Kier alpha value is -0.380. The maximum absolute atomic E-state index is 11.6. The van der Waals surface area contributed by atoms with Crippen molar-refractivity contribution in [1.29, 1.82) is 0 Å². The molecule has 4 heteroatoms. The van der Waals surface area contributed by atoms with E-state index >= 15 is 0 Å². The SMILES string of the molecule is COC(=O)CCS(=O)C1CCCC1. The number of methoxy groups -OCH3 is 1. The second-order valence-corrected chi connectivity index (χ2v) is 5.15. The van der Waals surface area contributed by atoms with Gasteiger partial charge >= 0.3 is 5.97 Å². The van der Waals surface area contributed by atoms with Crippen LogP contribution in [0.2, 0.25) is 0 Å². The molecule has 3 nitrogen and oxygen atoms in total. The molecule has 0 aliphatic heterocycles. The van der Waals surface area contributed by atoms with E-state index in [1.807, 2.05) is 0 Å². The fourth-order valence-electron chi connectivity index (χ4n) is 1.60. The first-order valence-electron chi connectivity index (χ1n) is 4.68. The molecule has 0 aromatic heterocycles. The third-order valence-corrected chi connectivity index (χ3v) is 4.23. The van der Waals surface area contributed by atoms with Gasteiger partial charge in [-0.3, -0.25) is 9.00 Å². The van der Waals surface area contributed by atoms with Gasteiger partial charge in [-0.1, -0.05) is 12.8 Å². The fourth-order valence-corrected chi connectivity index (χ4v) is 3.16. The van der Waals surface area contributed by atoms with Crippen molar-refractivity contribution in [3.63, 3.8) is 0 Å². The molecule has 1 saturated carbocycles. The Kier molecular flexibility index (Phi) is 4.42. The third kappa shape index (κ3) is 3.46. The van der Waals surface area contributed by atoms with Crippen molar-refractivity contribution in [1.82, 2.24) is 0 Å². The second-order valence-electron chi connectivity index (χ2n) is 3.32. The van der Waals surface area contributed by atoms with Crippen LogP contribution in [-0.4, -0.2) is 28.3 Å². The minimum absolute atomic E-state index is 0.258. The number of esters is 1. The molecule has 1 unspecified atom stereocenters. The fraction of sp³-hybridized carbons (Fsp3) is 0.889. The van der Waals surface area contributed by atoms with Crippen molar-refractivity contribution in [2.75, 3.05) is 12.9 Å². The Bertz CT molecular complexity index is 197. The van der Waals surface area contributed by atoms with Gasteiger partial charge in [-0.25, -0.2) is 0 Å². The number of ether oxygens (including phenoxy) is 1. The van der Waals surface area contributed by atoms with E-state index in [2.05, 4.69) is 4.74 Å². The first-order valence-corrected chi connectivity index (χ1v) is 6.06. The molecule has 0 aromatic rings. The molecule has 0 N–H and O–H groups in total. The summed E-state index contributed by atoms with van der Waals surface area (Å²) < 4.78 is 16.1. The quantitative estimate of drug-likeness (QED) is 0.647. The van der Waals surface area contributed by atoms with Crippen molar-refractivity contribution in [3.8, 4) is 0 Å². The highest BCUT2D eigenvalue weighted by atomic mass is 32.2. The van der Waals surface area contributed by atoms with Crippen molar-refractivity contribution in [2.24, 2.45) is 0 Å². The van der Waals surface area contributed by atoms with Crippen LogP contribution in [0.4, 0.5) is 0 Å². The van der Waals surface area contributed by atoms with Crippen LogP contribution in [0.15, 0.2) is 0 Å². The molecule has 0 radical (unpaired) electrons. The molecular weight excluding hydrogens is 188 g/mol. The van der Waals surface area contributed by atoms with E-state index in [0.717, 1.165) is 12.8 Å². The van der Waals surface area contributed by atoms with Gasteiger partial charge < -0.3 is 4.74 Å². The molecule has 0 heterocycles. The van der Waals surface area contributed by atoms with Crippen LogP contribution in [0.1, 0.15) is 32.1 Å².